The van der Waals surface area contributed by atoms with Gasteiger partial charge in [0.05, 0.1) is 25.4 Å². The highest BCUT2D eigenvalue weighted by Crippen LogP contribution is 2.19. The molecule has 1 unspecified atom stereocenters. The molecular formula is C16H24N2O3. The van der Waals surface area contributed by atoms with Crippen LogP contribution in [0.1, 0.15) is 32.4 Å². The molecule has 1 fully saturated rings. The Morgan fingerprint density at radius 2 is 2.38 bits per heavy atom. The summed E-state index contributed by atoms with van der Waals surface area (Å²) >= 11 is 0. The predicted molar refractivity (Wildman–Crippen MR) is 81.4 cm³/mol. The van der Waals surface area contributed by atoms with Crippen molar-refractivity contribution >= 4 is 5.91 Å². The second-order valence-corrected chi connectivity index (χ2v) is 5.24. The molecule has 116 valence electrons. The molecule has 1 aromatic carbocycles. The smallest absolute Gasteiger partial charge is 0.240 e. The van der Waals surface area contributed by atoms with Crippen LogP contribution in [0, 0.1) is 0 Å². The van der Waals surface area contributed by atoms with Crippen LogP contribution in [0.5, 0.6) is 5.75 Å². The normalized spacial score (nSPS) is 23.4. The van der Waals surface area contributed by atoms with Gasteiger partial charge in [-0.3, -0.25) is 4.79 Å². The topological polar surface area (TPSA) is 59.6 Å². The number of carbonyl (C=O) groups is 1. The largest absolute Gasteiger partial charge is 0.494 e. The van der Waals surface area contributed by atoms with Gasteiger partial charge in [-0.1, -0.05) is 12.1 Å². The molecule has 2 rings (SSSR count). The van der Waals surface area contributed by atoms with Gasteiger partial charge >= 0.3 is 0 Å². The lowest BCUT2D eigenvalue weighted by Gasteiger charge is -2.30. The Labute approximate surface area is 126 Å². The van der Waals surface area contributed by atoms with Crippen molar-refractivity contribution in [3.63, 3.8) is 0 Å². The Morgan fingerprint density at radius 1 is 1.57 bits per heavy atom. The number of hydrogen-bond donors (Lipinski definition) is 2. The molecule has 5 nitrogen and oxygen atoms in total. The zero-order valence-corrected chi connectivity index (χ0v) is 12.9. The van der Waals surface area contributed by atoms with Gasteiger partial charge in [-0.25, -0.2) is 0 Å². The SMILES string of the molecule is CCOc1cccc(C(C)NC(=O)[C@H]2NCCO[C@@H]2C)c1. The van der Waals surface area contributed by atoms with E-state index in [4.69, 9.17) is 9.47 Å². The van der Waals surface area contributed by atoms with Gasteiger partial charge in [0.15, 0.2) is 0 Å². The molecule has 1 aliphatic rings. The Balaban J connectivity index is 1.98. The minimum Gasteiger partial charge on any atom is -0.494 e. The molecule has 0 radical (unpaired) electrons. The first-order valence-corrected chi connectivity index (χ1v) is 7.50. The molecule has 3 atom stereocenters. The Morgan fingerprint density at radius 3 is 3.10 bits per heavy atom. The van der Waals surface area contributed by atoms with Gasteiger partial charge in [-0.05, 0) is 38.5 Å². The molecular weight excluding hydrogens is 268 g/mol. The van der Waals surface area contributed by atoms with E-state index in [1.807, 2.05) is 45.0 Å². The number of morpholine rings is 1. The number of nitrogens with one attached hydrogen (secondary N) is 2. The van der Waals surface area contributed by atoms with E-state index in [1.165, 1.54) is 0 Å². The van der Waals surface area contributed by atoms with Crippen LogP contribution in [0.15, 0.2) is 24.3 Å². The fourth-order valence-electron chi connectivity index (χ4n) is 2.45. The second kappa shape index (κ2) is 7.43. The Bertz CT molecular complexity index is 478. The fraction of sp³-hybridized carbons (Fsp3) is 0.562. The molecule has 0 saturated carbocycles. The summed E-state index contributed by atoms with van der Waals surface area (Å²) in [6.07, 6.45) is -0.110. The van der Waals surface area contributed by atoms with Crippen LogP contribution in [0.4, 0.5) is 0 Å². The summed E-state index contributed by atoms with van der Waals surface area (Å²) in [5.74, 6) is 0.792. The van der Waals surface area contributed by atoms with Crippen molar-refractivity contribution in [1.82, 2.24) is 10.6 Å². The van der Waals surface area contributed by atoms with Crippen molar-refractivity contribution in [3.8, 4) is 5.75 Å². The van der Waals surface area contributed by atoms with E-state index >= 15 is 0 Å². The minimum atomic E-state index is -0.295. The van der Waals surface area contributed by atoms with Gasteiger partial charge in [0.2, 0.25) is 5.91 Å². The summed E-state index contributed by atoms with van der Waals surface area (Å²) in [5, 5.41) is 6.22. The van der Waals surface area contributed by atoms with Crippen molar-refractivity contribution in [2.75, 3.05) is 19.8 Å². The van der Waals surface area contributed by atoms with Gasteiger partial charge in [0.1, 0.15) is 11.8 Å². The molecule has 1 aliphatic heterocycles. The van der Waals surface area contributed by atoms with E-state index in [1.54, 1.807) is 0 Å². The highest BCUT2D eigenvalue weighted by atomic mass is 16.5. The number of rotatable bonds is 5. The lowest BCUT2D eigenvalue weighted by molar-refractivity contribution is -0.129. The maximum atomic E-state index is 12.3. The van der Waals surface area contributed by atoms with Gasteiger partial charge in [-0.2, -0.15) is 0 Å². The third-order valence-corrected chi connectivity index (χ3v) is 3.63. The summed E-state index contributed by atoms with van der Waals surface area (Å²) in [4.78, 5) is 12.3. The molecule has 1 saturated heterocycles. The molecule has 0 spiro atoms. The number of ether oxygens (including phenoxy) is 2. The molecule has 2 N–H and O–H groups in total. The van der Waals surface area contributed by atoms with E-state index < -0.39 is 0 Å². The van der Waals surface area contributed by atoms with Crippen molar-refractivity contribution in [2.24, 2.45) is 0 Å². The van der Waals surface area contributed by atoms with Gasteiger partial charge in [-0.15, -0.1) is 0 Å². The first-order valence-electron chi connectivity index (χ1n) is 7.50. The maximum Gasteiger partial charge on any atom is 0.240 e. The van der Waals surface area contributed by atoms with Crippen LogP contribution in [0.25, 0.3) is 0 Å². The Hall–Kier alpha value is -1.59. The van der Waals surface area contributed by atoms with E-state index in [2.05, 4.69) is 10.6 Å². The predicted octanol–water partition coefficient (Wildman–Crippen LogP) is 1.64. The van der Waals surface area contributed by atoms with Crippen molar-refractivity contribution in [2.45, 2.75) is 39.0 Å². The standard InChI is InChI=1S/C16H24N2O3/c1-4-20-14-7-5-6-13(10-14)11(2)18-16(19)15-12(3)21-9-8-17-15/h5-7,10-12,15,17H,4,8-9H2,1-3H3,(H,18,19)/t11?,12-,15+/m1/s1. The molecule has 0 bridgehead atoms. The number of amides is 1. The third-order valence-electron chi connectivity index (χ3n) is 3.63. The van der Waals surface area contributed by atoms with Crippen LogP contribution in [-0.2, 0) is 9.53 Å². The average molecular weight is 292 g/mol. The lowest BCUT2D eigenvalue weighted by atomic mass is 10.1. The second-order valence-electron chi connectivity index (χ2n) is 5.24. The molecule has 5 heteroatoms. The van der Waals surface area contributed by atoms with Crippen LogP contribution in [0.3, 0.4) is 0 Å². The van der Waals surface area contributed by atoms with Gasteiger partial charge in [0, 0.05) is 6.54 Å². The van der Waals surface area contributed by atoms with Crippen molar-refractivity contribution < 1.29 is 14.3 Å². The van der Waals surface area contributed by atoms with Crippen LogP contribution < -0.4 is 15.4 Å². The molecule has 1 heterocycles. The quantitative estimate of drug-likeness (QED) is 0.866. The zero-order valence-electron chi connectivity index (χ0n) is 12.9. The lowest BCUT2D eigenvalue weighted by Crippen LogP contribution is -2.55. The van der Waals surface area contributed by atoms with Gasteiger partial charge in [0.25, 0.3) is 0 Å². The summed E-state index contributed by atoms with van der Waals surface area (Å²) < 4.78 is 11.0. The summed E-state index contributed by atoms with van der Waals surface area (Å²) in [7, 11) is 0. The minimum absolute atomic E-state index is 0.0310. The fourth-order valence-corrected chi connectivity index (χ4v) is 2.45. The van der Waals surface area contributed by atoms with Crippen LogP contribution in [0.2, 0.25) is 0 Å². The highest BCUT2D eigenvalue weighted by Gasteiger charge is 2.29. The summed E-state index contributed by atoms with van der Waals surface area (Å²) in [6.45, 7) is 7.82. The monoisotopic (exact) mass is 292 g/mol. The maximum absolute atomic E-state index is 12.3. The molecule has 1 aromatic rings. The van der Waals surface area contributed by atoms with E-state index in [0.717, 1.165) is 11.3 Å². The molecule has 1 amide bonds. The van der Waals surface area contributed by atoms with Crippen LogP contribution >= 0.6 is 0 Å². The first-order chi connectivity index (χ1) is 10.1. The first kappa shape index (κ1) is 15.8. The third kappa shape index (κ3) is 4.19. The Kier molecular flexibility index (Phi) is 5.59. The molecule has 0 aliphatic carbocycles. The summed E-state index contributed by atoms with van der Waals surface area (Å²) in [5.41, 5.74) is 1.03. The van der Waals surface area contributed by atoms with Crippen molar-refractivity contribution in [3.05, 3.63) is 29.8 Å². The highest BCUT2D eigenvalue weighted by molar-refractivity contribution is 5.82. The van der Waals surface area contributed by atoms with E-state index in [0.29, 0.717) is 19.8 Å². The number of benzene rings is 1. The number of hydrogen-bond acceptors (Lipinski definition) is 4. The summed E-state index contributed by atoms with van der Waals surface area (Å²) in [6, 6.07) is 7.43. The van der Waals surface area contributed by atoms with Crippen molar-refractivity contribution in [1.29, 1.82) is 0 Å². The van der Waals surface area contributed by atoms with E-state index in [-0.39, 0.29) is 24.1 Å². The van der Waals surface area contributed by atoms with Crippen LogP contribution in [-0.4, -0.2) is 37.8 Å². The molecule has 21 heavy (non-hydrogen) atoms. The average Bonchev–Trinajstić information content (AvgIpc) is 2.48. The number of carbonyl (C=O) groups excluding carboxylic acids is 1. The van der Waals surface area contributed by atoms with Gasteiger partial charge < -0.3 is 20.1 Å². The zero-order chi connectivity index (χ0) is 15.2. The van der Waals surface area contributed by atoms with E-state index in [9.17, 15) is 4.79 Å². The molecule has 0 aromatic heterocycles.